The Morgan fingerprint density at radius 3 is 2.48 bits per heavy atom. The molecule has 0 aromatic heterocycles. The quantitative estimate of drug-likeness (QED) is 0.737. The first-order valence-corrected chi connectivity index (χ1v) is 8.55. The fraction of sp³-hybridized carbons (Fsp3) is 0.500. The van der Waals surface area contributed by atoms with Gasteiger partial charge in [0.25, 0.3) is 5.91 Å². The van der Waals surface area contributed by atoms with Crippen molar-refractivity contribution in [1.29, 1.82) is 0 Å². The molecule has 126 valence electrons. The molecule has 2 N–H and O–H groups in total. The molecule has 1 aromatic carbocycles. The second kappa shape index (κ2) is 9.64. The molecule has 1 aliphatic rings. The summed E-state index contributed by atoms with van der Waals surface area (Å²) in [5.41, 5.74) is 0.584. The van der Waals surface area contributed by atoms with E-state index < -0.39 is 0 Å². The number of carbonyl (C=O) groups excluding carboxylic acids is 2. The molecule has 0 aliphatic carbocycles. The molecule has 2 rings (SSSR count). The smallest absolute Gasteiger partial charge is 0.251 e. The molecule has 0 radical (unpaired) electrons. The SMILES string of the molecule is O=C(CCNC(=O)c1ccc(Br)cc1)NCCN1CCOCC1. The number of amides is 2. The first kappa shape index (κ1) is 17.9. The number of hydrogen-bond acceptors (Lipinski definition) is 4. The summed E-state index contributed by atoms with van der Waals surface area (Å²) >= 11 is 3.32. The molecule has 1 aliphatic heterocycles. The summed E-state index contributed by atoms with van der Waals surface area (Å²) < 4.78 is 6.20. The molecule has 7 heteroatoms. The van der Waals surface area contributed by atoms with Crippen molar-refractivity contribution >= 4 is 27.7 Å². The van der Waals surface area contributed by atoms with E-state index in [-0.39, 0.29) is 18.2 Å². The lowest BCUT2D eigenvalue weighted by Crippen LogP contribution is -2.41. The summed E-state index contributed by atoms with van der Waals surface area (Å²) in [4.78, 5) is 25.9. The Kier molecular flexibility index (Phi) is 7.51. The molecule has 1 heterocycles. The summed E-state index contributed by atoms with van der Waals surface area (Å²) in [5, 5.41) is 5.62. The van der Waals surface area contributed by atoms with Crippen LogP contribution in [-0.4, -0.2) is 62.7 Å². The maximum absolute atomic E-state index is 11.9. The summed E-state index contributed by atoms with van der Waals surface area (Å²) in [6.45, 7) is 5.14. The van der Waals surface area contributed by atoms with Crippen molar-refractivity contribution in [1.82, 2.24) is 15.5 Å². The lowest BCUT2D eigenvalue weighted by molar-refractivity contribution is -0.121. The predicted octanol–water partition coefficient (Wildman–Crippen LogP) is 1.02. The van der Waals surface area contributed by atoms with Crippen molar-refractivity contribution in [3.8, 4) is 0 Å². The van der Waals surface area contributed by atoms with Gasteiger partial charge in [-0.3, -0.25) is 14.5 Å². The molecular weight excluding hydrogens is 362 g/mol. The van der Waals surface area contributed by atoms with E-state index >= 15 is 0 Å². The molecule has 1 fully saturated rings. The number of hydrogen-bond donors (Lipinski definition) is 2. The number of nitrogens with one attached hydrogen (secondary N) is 2. The van der Waals surface area contributed by atoms with E-state index in [2.05, 4.69) is 31.5 Å². The molecule has 0 bridgehead atoms. The minimum Gasteiger partial charge on any atom is -0.379 e. The van der Waals surface area contributed by atoms with Gasteiger partial charge in [0.15, 0.2) is 0 Å². The van der Waals surface area contributed by atoms with E-state index in [9.17, 15) is 9.59 Å². The van der Waals surface area contributed by atoms with Crippen molar-refractivity contribution in [2.24, 2.45) is 0 Å². The number of benzene rings is 1. The van der Waals surface area contributed by atoms with Crippen LogP contribution in [0.25, 0.3) is 0 Å². The first-order valence-electron chi connectivity index (χ1n) is 7.76. The van der Waals surface area contributed by atoms with Crippen LogP contribution in [0, 0.1) is 0 Å². The van der Waals surface area contributed by atoms with Crippen LogP contribution in [0.1, 0.15) is 16.8 Å². The number of morpholine rings is 1. The number of rotatable bonds is 7. The van der Waals surface area contributed by atoms with Crippen molar-refractivity contribution in [2.45, 2.75) is 6.42 Å². The Balaban J connectivity index is 1.57. The molecule has 6 nitrogen and oxygen atoms in total. The van der Waals surface area contributed by atoms with Crippen molar-refractivity contribution in [3.63, 3.8) is 0 Å². The topological polar surface area (TPSA) is 70.7 Å². The van der Waals surface area contributed by atoms with Gasteiger partial charge in [0, 0.05) is 49.2 Å². The molecule has 1 aromatic rings. The second-order valence-corrected chi connectivity index (χ2v) is 6.23. The van der Waals surface area contributed by atoms with E-state index in [1.54, 1.807) is 12.1 Å². The number of nitrogens with zero attached hydrogens (tertiary/aromatic N) is 1. The maximum Gasteiger partial charge on any atom is 0.251 e. The molecule has 23 heavy (non-hydrogen) atoms. The van der Waals surface area contributed by atoms with Gasteiger partial charge in [0.1, 0.15) is 0 Å². The summed E-state index contributed by atoms with van der Waals surface area (Å²) in [6.07, 6.45) is 0.283. The zero-order chi connectivity index (χ0) is 16.5. The number of ether oxygens (including phenoxy) is 1. The summed E-state index contributed by atoms with van der Waals surface area (Å²) in [6, 6.07) is 7.10. The van der Waals surface area contributed by atoms with Crippen LogP contribution in [0.4, 0.5) is 0 Å². The van der Waals surface area contributed by atoms with E-state index in [0.29, 0.717) is 18.7 Å². The van der Waals surface area contributed by atoms with E-state index in [1.807, 2.05) is 12.1 Å². The average molecular weight is 384 g/mol. The highest BCUT2D eigenvalue weighted by molar-refractivity contribution is 9.10. The summed E-state index contributed by atoms with van der Waals surface area (Å²) in [7, 11) is 0. The Morgan fingerprint density at radius 1 is 1.09 bits per heavy atom. The fourth-order valence-corrected chi connectivity index (χ4v) is 2.52. The summed E-state index contributed by atoms with van der Waals surface area (Å²) in [5.74, 6) is -0.215. The van der Waals surface area contributed by atoms with E-state index in [0.717, 1.165) is 37.3 Å². The lowest BCUT2D eigenvalue weighted by atomic mass is 10.2. The van der Waals surface area contributed by atoms with Crippen molar-refractivity contribution in [3.05, 3.63) is 34.3 Å². The molecular formula is C16H22BrN3O3. The van der Waals surface area contributed by atoms with Crippen LogP contribution in [-0.2, 0) is 9.53 Å². The first-order chi connectivity index (χ1) is 11.1. The third-order valence-corrected chi connectivity index (χ3v) is 4.13. The number of halogens is 1. The minimum atomic E-state index is -0.168. The van der Waals surface area contributed by atoms with Gasteiger partial charge in [0.05, 0.1) is 13.2 Å². The standard InChI is InChI=1S/C16H22BrN3O3/c17-14-3-1-13(2-4-14)16(22)19-6-5-15(21)18-7-8-20-9-11-23-12-10-20/h1-4H,5-12H2,(H,18,21)(H,19,22). The maximum atomic E-state index is 11.9. The van der Waals surface area contributed by atoms with Crippen LogP contribution in [0.15, 0.2) is 28.7 Å². The van der Waals surface area contributed by atoms with Crippen LogP contribution < -0.4 is 10.6 Å². The Labute approximate surface area is 144 Å². The van der Waals surface area contributed by atoms with Gasteiger partial charge in [-0.25, -0.2) is 0 Å². The monoisotopic (exact) mass is 383 g/mol. The normalized spacial score (nSPS) is 15.2. The van der Waals surface area contributed by atoms with Gasteiger partial charge in [-0.2, -0.15) is 0 Å². The van der Waals surface area contributed by atoms with Crippen molar-refractivity contribution in [2.75, 3.05) is 45.9 Å². The van der Waals surface area contributed by atoms with Crippen LogP contribution in [0.3, 0.4) is 0 Å². The van der Waals surface area contributed by atoms with Gasteiger partial charge in [-0.15, -0.1) is 0 Å². The third-order valence-electron chi connectivity index (χ3n) is 3.60. The van der Waals surface area contributed by atoms with Crippen LogP contribution >= 0.6 is 15.9 Å². The highest BCUT2D eigenvalue weighted by atomic mass is 79.9. The van der Waals surface area contributed by atoms with Crippen LogP contribution in [0.2, 0.25) is 0 Å². The highest BCUT2D eigenvalue weighted by Gasteiger charge is 2.10. The highest BCUT2D eigenvalue weighted by Crippen LogP contribution is 2.10. The molecule has 0 unspecified atom stereocenters. The third kappa shape index (κ3) is 6.68. The lowest BCUT2D eigenvalue weighted by Gasteiger charge is -2.26. The molecule has 2 amide bonds. The largest absolute Gasteiger partial charge is 0.379 e. The van der Waals surface area contributed by atoms with Gasteiger partial charge >= 0.3 is 0 Å². The molecule has 0 spiro atoms. The van der Waals surface area contributed by atoms with E-state index in [4.69, 9.17) is 4.74 Å². The molecule has 0 saturated carbocycles. The van der Waals surface area contributed by atoms with Crippen LogP contribution in [0.5, 0.6) is 0 Å². The fourth-order valence-electron chi connectivity index (χ4n) is 2.26. The molecule has 1 saturated heterocycles. The van der Waals surface area contributed by atoms with Gasteiger partial charge in [-0.1, -0.05) is 15.9 Å². The Bertz CT molecular complexity index is 516. The zero-order valence-electron chi connectivity index (χ0n) is 13.0. The predicted molar refractivity (Wildman–Crippen MR) is 91.4 cm³/mol. The Hall–Kier alpha value is -1.44. The van der Waals surface area contributed by atoms with E-state index in [1.165, 1.54) is 0 Å². The van der Waals surface area contributed by atoms with Gasteiger partial charge in [0.2, 0.25) is 5.91 Å². The minimum absolute atomic E-state index is 0.0469. The van der Waals surface area contributed by atoms with Gasteiger partial charge in [-0.05, 0) is 24.3 Å². The second-order valence-electron chi connectivity index (χ2n) is 5.32. The Morgan fingerprint density at radius 2 is 1.78 bits per heavy atom. The average Bonchev–Trinajstić information content (AvgIpc) is 2.56. The van der Waals surface area contributed by atoms with Crippen molar-refractivity contribution < 1.29 is 14.3 Å². The number of carbonyl (C=O) groups is 2. The van der Waals surface area contributed by atoms with Gasteiger partial charge < -0.3 is 15.4 Å². The zero-order valence-corrected chi connectivity index (χ0v) is 14.6. The molecule has 0 atom stereocenters.